The Morgan fingerprint density at radius 3 is 2.78 bits per heavy atom. The lowest BCUT2D eigenvalue weighted by Crippen LogP contribution is -2.45. The van der Waals surface area contributed by atoms with Crippen molar-refractivity contribution in [2.45, 2.75) is 24.9 Å². The quantitative estimate of drug-likeness (QED) is 0.698. The lowest BCUT2D eigenvalue weighted by Gasteiger charge is -2.28. The highest BCUT2D eigenvalue weighted by Gasteiger charge is 2.63. The first-order chi connectivity index (χ1) is 12.9. The van der Waals surface area contributed by atoms with Gasteiger partial charge in [0.2, 0.25) is 11.7 Å². The molecule has 4 heterocycles. The summed E-state index contributed by atoms with van der Waals surface area (Å²) < 4.78 is 47.3. The number of aryl methyl sites for hydroxylation is 1. The lowest BCUT2D eigenvalue weighted by molar-refractivity contribution is -0.191. The molecule has 1 aliphatic rings. The van der Waals surface area contributed by atoms with Crippen molar-refractivity contribution in [1.82, 2.24) is 20.1 Å². The highest BCUT2D eigenvalue weighted by Crippen LogP contribution is 2.48. The summed E-state index contributed by atoms with van der Waals surface area (Å²) in [6, 6.07) is 6.89. The molecule has 0 bridgehead atoms. The van der Waals surface area contributed by atoms with Crippen LogP contribution in [0.4, 0.5) is 19.0 Å². The van der Waals surface area contributed by atoms with Gasteiger partial charge in [0, 0.05) is 37.2 Å². The van der Waals surface area contributed by atoms with Gasteiger partial charge in [-0.15, -0.1) is 0 Å². The predicted molar refractivity (Wildman–Crippen MR) is 91.1 cm³/mol. The van der Waals surface area contributed by atoms with E-state index in [4.69, 9.17) is 4.52 Å². The van der Waals surface area contributed by atoms with Crippen LogP contribution >= 0.6 is 0 Å². The van der Waals surface area contributed by atoms with Crippen LogP contribution in [0.1, 0.15) is 17.9 Å². The van der Waals surface area contributed by atoms with E-state index >= 15 is 0 Å². The van der Waals surface area contributed by atoms with E-state index in [9.17, 15) is 13.2 Å². The lowest BCUT2D eigenvalue weighted by atomic mass is 9.86. The molecular weight excluding hydrogens is 359 g/mol. The molecule has 140 valence electrons. The van der Waals surface area contributed by atoms with Crippen LogP contribution in [-0.4, -0.2) is 39.4 Å². The standard InChI is InChI=1S/C18H16F3N5O/c1-12-8-13(10-22-9-12)15-24-16(27-25-15)17(18(19,20)21)5-7-26(11-17)14-4-2-3-6-23-14/h2-4,6,8-10H,5,7,11H2,1H3. The second-order valence-electron chi connectivity index (χ2n) is 6.61. The Kier molecular flexibility index (Phi) is 4.09. The minimum atomic E-state index is -4.54. The van der Waals surface area contributed by atoms with Crippen molar-refractivity contribution < 1.29 is 17.7 Å². The van der Waals surface area contributed by atoms with Gasteiger partial charge in [0.05, 0.1) is 0 Å². The molecular formula is C18H16F3N5O. The van der Waals surface area contributed by atoms with E-state index in [1.807, 2.05) is 6.92 Å². The molecule has 0 aromatic carbocycles. The van der Waals surface area contributed by atoms with Gasteiger partial charge in [-0.3, -0.25) is 4.98 Å². The average Bonchev–Trinajstić information content (AvgIpc) is 3.30. The van der Waals surface area contributed by atoms with E-state index in [1.54, 1.807) is 41.6 Å². The number of nitrogens with zero attached hydrogens (tertiary/aromatic N) is 5. The summed E-state index contributed by atoms with van der Waals surface area (Å²) in [4.78, 5) is 13.8. The molecule has 1 fully saturated rings. The molecule has 4 rings (SSSR count). The van der Waals surface area contributed by atoms with E-state index in [0.29, 0.717) is 11.4 Å². The number of anilines is 1. The second-order valence-corrected chi connectivity index (χ2v) is 6.61. The van der Waals surface area contributed by atoms with Crippen LogP contribution in [0.15, 0.2) is 47.4 Å². The number of hydrogen-bond acceptors (Lipinski definition) is 6. The van der Waals surface area contributed by atoms with E-state index in [1.165, 1.54) is 6.20 Å². The smallest absolute Gasteiger partial charge is 0.355 e. The maximum atomic E-state index is 14.1. The fourth-order valence-electron chi connectivity index (χ4n) is 3.29. The number of pyridine rings is 2. The normalized spacial score (nSPS) is 20.2. The van der Waals surface area contributed by atoms with E-state index < -0.39 is 17.5 Å². The summed E-state index contributed by atoms with van der Waals surface area (Å²) >= 11 is 0. The minimum absolute atomic E-state index is 0.0983. The third-order valence-electron chi connectivity index (χ3n) is 4.75. The van der Waals surface area contributed by atoms with Gasteiger partial charge >= 0.3 is 6.18 Å². The molecule has 0 aliphatic carbocycles. The number of alkyl halides is 3. The minimum Gasteiger partial charge on any atom is -0.355 e. The Balaban J connectivity index is 1.70. The fraction of sp³-hybridized carbons (Fsp3) is 0.333. The number of aromatic nitrogens is 4. The monoisotopic (exact) mass is 375 g/mol. The summed E-state index contributed by atoms with van der Waals surface area (Å²) in [5.41, 5.74) is -0.860. The van der Waals surface area contributed by atoms with Gasteiger partial charge in [0.25, 0.3) is 0 Å². The first kappa shape index (κ1) is 17.4. The third-order valence-corrected chi connectivity index (χ3v) is 4.75. The van der Waals surface area contributed by atoms with Crippen molar-refractivity contribution in [3.05, 3.63) is 54.3 Å². The molecule has 27 heavy (non-hydrogen) atoms. The molecule has 9 heteroatoms. The first-order valence-corrected chi connectivity index (χ1v) is 8.38. The molecule has 1 unspecified atom stereocenters. The zero-order valence-corrected chi connectivity index (χ0v) is 14.4. The maximum absolute atomic E-state index is 14.1. The van der Waals surface area contributed by atoms with Gasteiger partial charge in [-0.1, -0.05) is 11.2 Å². The molecule has 1 saturated heterocycles. The largest absolute Gasteiger partial charge is 0.405 e. The molecule has 0 saturated carbocycles. The van der Waals surface area contributed by atoms with Gasteiger partial charge in [0.15, 0.2) is 5.41 Å². The van der Waals surface area contributed by atoms with Crippen LogP contribution in [0, 0.1) is 6.92 Å². The average molecular weight is 375 g/mol. The summed E-state index contributed by atoms with van der Waals surface area (Å²) in [6.07, 6.45) is -0.0232. The molecule has 6 nitrogen and oxygen atoms in total. The maximum Gasteiger partial charge on any atom is 0.405 e. The number of halogens is 3. The van der Waals surface area contributed by atoms with E-state index in [-0.39, 0.29) is 25.3 Å². The Morgan fingerprint density at radius 2 is 2.07 bits per heavy atom. The molecule has 0 amide bonds. The number of hydrogen-bond donors (Lipinski definition) is 0. The van der Waals surface area contributed by atoms with Crippen LogP contribution in [0.25, 0.3) is 11.4 Å². The molecule has 0 radical (unpaired) electrons. The molecule has 1 aliphatic heterocycles. The Labute approximate surface area is 153 Å². The molecule has 3 aromatic rings. The molecule has 3 aromatic heterocycles. The van der Waals surface area contributed by atoms with Gasteiger partial charge in [0.1, 0.15) is 5.82 Å². The highest BCUT2D eigenvalue weighted by molar-refractivity contribution is 5.54. The van der Waals surface area contributed by atoms with Crippen LogP contribution in [0.2, 0.25) is 0 Å². The van der Waals surface area contributed by atoms with Crippen molar-refractivity contribution in [2.75, 3.05) is 18.0 Å². The zero-order chi connectivity index (χ0) is 19.1. The van der Waals surface area contributed by atoms with Crippen LogP contribution in [0.5, 0.6) is 0 Å². The van der Waals surface area contributed by atoms with Crippen molar-refractivity contribution in [3.63, 3.8) is 0 Å². The van der Waals surface area contributed by atoms with Gasteiger partial charge in [-0.2, -0.15) is 18.2 Å². The molecule has 0 spiro atoms. The van der Waals surface area contributed by atoms with Crippen molar-refractivity contribution in [1.29, 1.82) is 0 Å². The Hall–Kier alpha value is -2.97. The van der Waals surface area contributed by atoms with E-state index in [2.05, 4.69) is 20.1 Å². The molecule has 0 N–H and O–H groups in total. The summed E-state index contributed by atoms with van der Waals surface area (Å²) in [5, 5.41) is 3.77. The zero-order valence-electron chi connectivity index (χ0n) is 14.4. The first-order valence-electron chi connectivity index (χ1n) is 8.38. The third kappa shape index (κ3) is 3.02. The van der Waals surface area contributed by atoms with Crippen LogP contribution < -0.4 is 4.90 Å². The SMILES string of the molecule is Cc1cncc(-c2noc(C3(C(F)(F)F)CCN(c4ccccn4)C3)n2)c1. The fourth-order valence-corrected chi connectivity index (χ4v) is 3.29. The highest BCUT2D eigenvalue weighted by atomic mass is 19.4. The van der Waals surface area contributed by atoms with Gasteiger partial charge in [-0.25, -0.2) is 4.98 Å². The number of rotatable bonds is 3. The van der Waals surface area contributed by atoms with Crippen molar-refractivity contribution in [2.24, 2.45) is 0 Å². The Morgan fingerprint density at radius 1 is 1.22 bits per heavy atom. The van der Waals surface area contributed by atoms with Gasteiger partial charge < -0.3 is 9.42 Å². The van der Waals surface area contributed by atoms with Crippen molar-refractivity contribution in [3.8, 4) is 11.4 Å². The molecule has 1 atom stereocenters. The summed E-state index contributed by atoms with van der Waals surface area (Å²) in [7, 11) is 0. The summed E-state index contributed by atoms with van der Waals surface area (Å²) in [6.45, 7) is 1.71. The Bertz CT molecular complexity index is 943. The van der Waals surface area contributed by atoms with Gasteiger partial charge in [-0.05, 0) is 37.1 Å². The van der Waals surface area contributed by atoms with Crippen LogP contribution in [0.3, 0.4) is 0 Å². The van der Waals surface area contributed by atoms with E-state index in [0.717, 1.165) is 5.56 Å². The second kappa shape index (κ2) is 6.33. The predicted octanol–water partition coefficient (Wildman–Crippen LogP) is 3.55. The topological polar surface area (TPSA) is 67.9 Å². The summed E-state index contributed by atoms with van der Waals surface area (Å²) in [5.74, 6) is 0.164. The van der Waals surface area contributed by atoms with Crippen molar-refractivity contribution >= 4 is 5.82 Å². The van der Waals surface area contributed by atoms with Crippen LogP contribution in [-0.2, 0) is 5.41 Å².